The van der Waals surface area contributed by atoms with Crippen LogP contribution >= 0.6 is 0 Å². The number of allylic oxidation sites excluding steroid dienone is 1. The van der Waals surface area contributed by atoms with E-state index < -0.39 is 52.2 Å². The van der Waals surface area contributed by atoms with Crippen LogP contribution in [-0.4, -0.2) is 74.3 Å². The third-order valence-corrected chi connectivity index (χ3v) is 19.3. The molecule has 0 spiro atoms. The molecule has 3 N–H and O–H groups in total. The summed E-state index contributed by atoms with van der Waals surface area (Å²) in [5.41, 5.74) is -0.606. The van der Waals surface area contributed by atoms with Gasteiger partial charge in [-0.15, -0.1) is 0 Å². The molecule has 1 heterocycles. The Balaban J connectivity index is 1.03. The van der Waals surface area contributed by atoms with Gasteiger partial charge >= 0.3 is 18.0 Å². The summed E-state index contributed by atoms with van der Waals surface area (Å²) in [7, 11) is 0. The molecule has 0 bridgehead atoms. The standard InChI is InChI=1S/C54H74N4O9/c1-13-66-47(65)58-36(28-35(57-58)31-17-15-14-16-18-31)43(60)55-50(8,9)46(64)56-54-26-25-52(11)32(42(54)41(30(2)3)37(59)29-54)19-20-39-51(10)23-22-40(49(6,7)38(51)21-24-53(39,52)12)67-45(63)34-27-33(44(61)62)48(34,4)5/h14-18,28,30,32-34,38-40H,13,19-27,29H2,1-12H3,(H,55,60)(H,56,64)(H,61,62)/t32-,33+,34-,38+,39-,40+,51+,52-,53-,54-/m1/s1. The number of Topliss-reactive ketones (excluding diaryl/α,β-unsaturated/α-hetero) is 1. The van der Waals surface area contributed by atoms with Crippen molar-refractivity contribution < 1.29 is 43.3 Å². The first-order valence-corrected chi connectivity index (χ1v) is 24.9. The zero-order valence-electron chi connectivity index (χ0n) is 41.9. The number of carboxylic acids is 1. The van der Waals surface area contributed by atoms with Crippen LogP contribution in [-0.2, 0) is 28.7 Å². The first-order chi connectivity index (χ1) is 31.2. The minimum absolute atomic E-state index is 0.0201. The van der Waals surface area contributed by atoms with Gasteiger partial charge < -0.3 is 25.2 Å². The number of esters is 1. The Morgan fingerprint density at radius 3 is 2.18 bits per heavy atom. The maximum absolute atomic E-state index is 14.8. The number of aliphatic carboxylic acids is 1. The predicted octanol–water partition coefficient (Wildman–Crippen LogP) is 9.57. The molecule has 0 aliphatic heterocycles. The van der Waals surface area contributed by atoms with Crippen molar-refractivity contribution in [1.82, 2.24) is 20.4 Å². The molecule has 0 unspecified atom stereocenters. The van der Waals surface area contributed by atoms with Gasteiger partial charge in [0.1, 0.15) is 17.3 Å². The number of rotatable bonds is 10. The monoisotopic (exact) mass is 923 g/mol. The van der Waals surface area contributed by atoms with Crippen LogP contribution in [0.15, 0.2) is 47.5 Å². The number of nitrogens with zero attached hydrogens (tertiary/aromatic N) is 2. The third kappa shape index (κ3) is 7.40. The molecule has 364 valence electrons. The summed E-state index contributed by atoms with van der Waals surface area (Å²) in [5.74, 6) is -2.39. The van der Waals surface area contributed by atoms with Crippen LogP contribution in [0.4, 0.5) is 4.79 Å². The van der Waals surface area contributed by atoms with E-state index >= 15 is 0 Å². The van der Waals surface area contributed by atoms with Crippen LogP contribution in [0.25, 0.3) is 11.3 Å². The molecule has 2 aromatic rings. The van der Waals surface area contributed by atoms with Gasteiger partial charge in [-0.1, -0.05) is 92.6 Å². The number of ketones is 1. The van der Waals surface area contributed by atoms with E-state index in [1.807, 2.05) is 44.2 Å². The fourth-order valence-electron chi connectivity index (χ4n) is 15.3. The molecular weight excluding hydrogens is 849 g/mol. The Morgan fingerprint density at radius 2 is 1.55 bits per heavy atom. The second kappa shape index (κ2) is 16.4. The van der Waals surface area contributed by atoms with Crippen molar-refractivity contribution >= 4 is 35.6 Å². The van der Waals surface area contributed by atoms with Crippen molar-refractivity contribution in [3.8, 4) is 11.3 Å². The van der Waals surface area contributed by atoms with Gasteiger partial charge in [0.2, 0.25) is 5.91 Å². The molecule has 0 radical (unpaired) electrons. The normalized spacial score (nSPS) is 35.0. The van der Waals surface area contributed by atoms with Gasteiger partial charge in [0, 0.05) is 17.4 Å². The number of carbonyl (C=O) groups is 6. The Hall–Kier alpha value is -4.81. The molecule has 5 fully saturated rings. The highest BCUT2D eigenvalue weighted by Gasteiger charge is 2.71. The Labute approximate surface area is 396 Å². The molecule has 13 heteroatoms. The van der Waals surface area contributed by atoms with Gasteiger partial charge in [0.25, 0.3) is 5.91 Å². The number of hydrogen-bond donors (Lipinski definition) is 3. The first-order valence-electron chi connectivity index (χ1n) is 24.9. The lowest BCUT2D eigenvalue weighted by Gasteiger charge is -2.72. The highest BCUT2D eigenvalue weighted by atomic mass is 16.6. The molecule has 1 aromatic heterocycles. The Kier molecular flexibility index (Phi) is 11.9. The first kappa shape index (κ1) is 48.6. The van der Waals surface area contributed by atoms with E-state index in [2.05, 4.69) is 64.2 Å². The predicted molar refractivity (Wildman–Crippen MR) is 252 cm³/mol. The maximum atomic E-state index is 14.8. The van der Waals surface area contributed by atoms with Crippen molar-refractivity contribution in [2.45, 2.75) is 164 Å². The van der Waals surface area contributed by atoms with Crippen LogP contribution in [0.5, 0.6) is 0 Å². The zero-order chi connectivity index (χ0) is 49.0. The fourth-order valence-corrected chi connectivity index (χ4v) is 15.3. The summed E-state index contributed by atoms with van der Waals surface area (Å²) >= 11 is 0. The van der Waals surface area contributed by atoms with Crippen LogP contribution in [0.2, 0.25) is 0 Å². The van der Waals surface area contributed by atoms with E-state index in [0.29, 0.717) is 35.9 Å². The number of hydrogen-bond acceptors (Lipinski definition) is 9. The third-order valence-electron chi connectivity index (χ3n) is 19.3. The summed E-state index contributed by atoms with van der Waals surface area (Å²) < 4.78 is 12.6. The second-order valence-electron chi connectivity index (χ2n) is 24.0. The number of benzene rings is 1. The van der Waals surface area contributed by atoms with Crippen molar-refractivity contribution in [1.29, 1.82) is 0 Å². The van der Waals surface area contributed by atoms with Gasteiger partial charge in [0.05, 0.1) is 29.7 Å². The molecule has 2 amide bonds. The highest BCUT2D eigenvalue weighted by molar-refractivity contribution is 6.04. The molecule has 5 saturated carbocycles. The van der Waals surface area contributed by atoms with E-state index in [1.165, 1.54) is 6.07 Å². The lowest BCUT2D eigenvalue weighted by molar-refractivity contribution is -0.235. The molecule has 0 saturated heterocycles. The molecule has 13 nitrogen and oxygen atoms in total. The van der Waals surface area contributed by atoms with E-state index in [0.717, 1.165) is 60.8 Å². The summed E-state index contributed by atoms with van der Waals surface area (Å²) in [5, 5.41) is 20.4. The minimum atomic E-state index is -1.45. The van der Waals surface area contributed by atoms with Crippen LogP contribution in [0.1, 0.15) is 158 Å². The Bertz CT molecular complexity index is 2420. The van der Waals surface area contributed by atoms with Gasteiger partial charge in [-0.25, -0.2) is 4.79 Å². The van der Waals surface area contributed by atoms with Crippen molar-refractivity contribution in [3.05, 3.63) is 53.2 Å². The average Bonchev–Trinajstić information content (AvgIpc) is 3.82. The summed E-state index contributed by atoms with van der Waals surface area (Å²) in [6.45, 7) is 24.9. The van der Waals surface area contributed by atoms with Crippen LogP contribution < -0.4 is 10.6 Å². The number of fused-ring (bicyclic) bond motifs is 7. The number of ether oxygens (including phenoxy) is 2. The smallest absolute Gasteiger partial charge is 0.435 e. The Morgan fingerprint density at radius 1 is 0.866 bits per heavy atom. The van der Waals surface area contributed by atoms with Gasteiger partial charge in [-0.2, -0.15) is 9.78 Å². The van der Waals surface area contributed by atoms with E-state index in [4.69, 9.17) is 9.47 Å². The van der Waals surface area contributed by atoms with E-state index in [9.17, 15) is 33.9 Å². The molecule has 6 aliphatic carbocycles. The number of aromatic nitrogens is 2. The van der Waals surface area contributed by atoms with Gasteiger partial charge in [-0.3, -0.25) is 24.0 Å². The fraction of sp³-hybridized carbons (Fsp3) is 0.685. The second-order valence-corrected chi connectivity index (χ2v) is 24.0. The lowest BCUT2D eigenvalue weighted by Crippen LogP contribution is -2.68. The maximum Gasteiger partial charge on any atom is 0.435 e. The molecular formula is C54H74N4O9. The zero-order valence-corrected chi connectivity index (χ0v) is 41.9. The molecule has 6 aliphatic rings. The topological polar surface area (TPSA) is 183 Å². The summed E-state index contributed by atoms with van der Waals surface area (Å²) in [4.78, 5) is 81.9. The minimum Gasteiger partial charge on any atom is -0.481 e. The van der Waals surface area contributed by atoms with Crippen LogP contribution in [0, 0.1) is 62.6 Å². The van der Waals surface area contributed by atoms with Gasteiger partial charge in [0.15, 0.2) is 5.78 Å². The molecule has 67 heavy (non-hydrogen) atoms. The van der Waals surface area contributed by atoms with E-state index in [1.54, 1.807) is 20.8 Å². The number of carbonyl (C=O) groups excluding carboxylic acids is 5. The quantitative estimate of drug-likeness (QED) is 0.194. The average molecular weight is 923 g/mol. The van der Waals surface area contributed by atoms with Gasteiger partial charge in [-0.05, 0) is 141 Å². The van der Waals surface area contributed by atoms with Crippen LogP contribution in [0.3, 0.4) is 0 Å². The number of nitrogens with one attached hydrogen (secondary N) is 2. The lowest BCUT2D eigenvalue weighted by atomic mass is 9.33. The largest absolute Gasteiger partial charge is 0.481 e. The highest BCUT2D eigenvalue weighted by Crippen LogP contribution is 2.76. The molecule has 1 aromatic carbocycles. The molecule has 8 rings (SSSR count). The van der Waals surface area contributed by atoms with E-state index in [-0.39, 0.29) is 70.1 Å². The van der Waals surface area contributed by atoms with Crippen molar-refractivity contribution in [2.24, 2.45) is 62.6 Å². The SMILES string of the molecule is CCOC(=O)n1nc(-c2ccccc2)cc1C(=O)NC(C)(C)C(=O)N[C@@]12CC[C@]3(C)[C@H](CC[C@@H]4[C@@]5(C)CC[C@H](OC(=O)[C@H]6C[C@@H](C(=O)O)C6(C)C)C(C)(C)[C@@H]5CC[C@]43C)C1=C(C(C)C)C(=O)C2. The summed E-state index contributed by atoms with van der Waals surface area (Å²) in [6.07, 6.45) is 6.37. The van der Waals surface area contributed by atoms with Crippen molar-refractivity contribution in [3.63, 3.8) is 0 Å². The number of carboxylic acid groups (broad SMARTS) is 1. The number of amides is 2. The molecule has 10 atom stereocenters. The summed E-state index contributed by atoms with van der Waals surface area (Å²) in [6, 6.07) is 10.7. The van der Waals surface area contributed by atoms with Crippen molar-refractivity contribution in [2.75, 3.05) is 6.61 Å².